The van der Waals surface area contributed by atoms with Crippen molar-refractivity contribution in [3.8, 4) is 5.75 Å². The number of nitrogen functional groups attached to an aromatic ring is 1. The molecule has 7 heteroatoms. The van der Waals surface area contributed by atoms with Crippen molar-refractivity contribution in [3.05, 3.63) is 36.0 Å². The first-order chi connectivity index (χ1) is 9.49. The Morgan fingerprint density at radius 3 is 2.65 bits per heavy atom. The van der Waals surface area contributed by atoms with Gasteiger partial charge in [0, 0.05) is 14.0 Å². The average Bonchev–Trinajstić information content (AvgIpc) is 2.70. The van der Waals surface area contributed by atoms with E-state index >= 15 is 0 Å². The summed E-state index contributed by atoms with van der Waals surface area (Å²) in [6, 6.07) is 6.45. The standard InChI is InChI=1S/C13H14N4O3/c1-8(18)20-10-6-4-3-5-9(10)12(19)16-13-15-7-11(14)17(13)2/h3-7H,14H2,1-2H3,(H,15,16,19). The van der Waals surface area contributed by atoms with Gasteiger partial charge in [0.15, 0.2) is 0 Å². The minimum absolute atomic E-state index is 0.194. The van der Waals surface area contributed by atoms with Crippen LogP contribution in [0.1, 0.15) is 17.3 Å². The second-order valence-corrected chi connectivity index (χ2v) is 4.11. The third kappa shape index (κ3) is 2.77. The van der Waals surface area contributed by atoms with Crippen molar-refractivity contribution >= 4 is 23.6 Å². The highest BCUT2D eigenvalue weighted by atomic mass is 16.5. The molecule has 20 heavy (non-hydrogen) atoms. The fourth-order valence-corrected chi connectivity index (χ4v) is 1.61. The minimum atomic E-state index is -0.494. The quantitative estimate of drug-likeness (QED) is 0.646. The van der Waals surface area contributed by atoms with Gasteiger partial charge < -0.3 is 15.0 Å². The number of hydrogen-bond acceptors (Lipinski definition) is 5. The van der Waals surface area contributed by atoms with Crippen LogP contribution >= 0.6 is 0 Å². The Labute approximate surface area is 115 Å². The number of ether oxygens (including phenoxy) is 1. The van der Waals surface area contributed by atoms with Gasteiger partial charge >= 0.3 is 5.97 Å². The molecule has 2 aromatic rings. The van der Waals surface area contributed by atoms with Crippen LogP contribution in [0, 0.1) is 0 Å². The first-order valence-corrected chi connectivity index (χ1v) is 5.85. The lowest BCUT2D eigenvalue weighted by atomic mass is 10.2. The van der Waals surface area contributed by atoms with Crippen molar-refractivity contribution in [3.63, 3.8) is 0 Å². The summed E-state index contributed by atoms with van der Waals surface area (Å²) < 4.78 is 6.52. The molecule has 0 saturated heterocycles. The SMILES string of the molecule is CC(=O)Oc1ccccc1C(=O)Nc1ncc(N)n1C. The van der Waals surface area contributed by atoms with E-state index in [0.29, 0.717) is 11.8 Å². The molecule has 1 aromatic carbocycles. The highest BCUT2D eigenvalue weighted by Gasteiger charge is 2.15. The van der Waals surface area contributed by atoms with E-state index in [1.807, 2.05) is 0 Å². The predicted molar refractivity (Wildman–Crippen MR) is 73.3 cm³/mol. The van der Waals surface area contributed by atoms with E-state index < -0.39 is 11.9 Å². The third-order valence-electron chi connectivity index (χ3n) is 2.63. The number of rotatable bonds is 3. The molecule has 0 spiro atoms. The Hall–Kier alpha value is -2.83. The number of hydrogen-bond donors (Lipinski definition) is 2. The van der Waals surface area contributed by atoms with E-state index in [-0.39, 0.29) is 11.3 Å². The van der Waals surface area contributed by atoms with Crippen molar-refractivity contribution in [2.75, 3.05) is 11.1 Å². The lowest BCUT2D eigenvalue weighted by Crippen LogP contribution is -2.17. The summed E-state index contributed by atoms with van der Waals surface area (Å²) in [5.41, 5.74) is 5.87. The second kappa shape index (κ2) is 5.43. The number of nitrogens with one attached hydrogen (secondary N) is 1. The molecule has 0 radical (unpaired) electrons. The van der Waals surface area contributed by atoms with Gasteiger partial charge in [-0.1, -0.05) is 12.1 Å². The highest BCUT2D eigenvalue weighted by Crippen LogP contribution is 2.20. The number of esters is 1. The van der Waals surface area contributed by atoms with Crippen LogP contribution in [0.4, 0.5) is 11.8 Å². The van der Waals surface area contributed by atoms with Crippen LogP contribution in [-0.4, -0.2) is 21.4 Å². The van der Waals surface area contributed by atoms with Gasteiger partial charge in [0.1, 0.15) is 11.6 Å². The number of para-hydroxylation sites is 1. The number of aromatic nitrogens is 2. The monoisotopic (exact) mass is 274 g/mol. The number of carbonyl (C=O) groups is 2. The van der Waals surface area contributed by atoms with Gasteiger partial charge in [0.2, 0.25) is 5.95 Å². The number of benzene rings is 1. The van der Waals surface area contributed by atoms with Gasteiger partial charge in [-0.2, -0.15) is 0 Å². The van der Waals surface area contributed by atoms with Gasteiger partial charge in [-0.15, -0.1) is 0 Å². The summed E-state index contributed by atoms with van der Waals surface area (Å²) in [6.07, 6.45) is 1.44. The van der Waals surface area contributed by atoms with Gasteiger partial charge in [-0.25, -0.2) is 4.98 Å². The summed E-state index contributed by atoms with van der Waals surface area (Å²) in [5.74, 6) is 0.000386. The molecule has 0 aliphatic heterocycles. The summed E-state index contributed by atoms with van der Waals surface area (Å²) >= 11 is 0. The molecule has 0 aliphatic carbocycles. The van der Waals surface area contributed by atoms with Crippen LogP contribution in [0.2, 0.25) is 0 Å². The Bertz CT molecular complexity index is 663. The van der Waals surface area contributed by atoms with Crippen LogP contribution < -0.4 is 15.8 Å². The number of anilines is 2. The van der Waals surface area contributed by atoms with Gasteiger partial charge in [-0.3, -0.25) is 14.9 Å². The maximum atomic E-state index is 12.2. The summed E-state index contributed by atoms with van der Waals surface area (Å²) in [6.45, 7) is 1.27. The van der Waals surface area contributed by atoms with E-state index in [1.165, 1.54) is 17.7 Å². The normalized spacial score (nSPS) is 10.1. The zero-order valence-electron chi connectivity index (χ0n) is 11.1. The minimum Gasteiger partial charge on any atom is -0.426 e. The number of amides is 1. The molecule has 104 valence electrons. The zero-order chi connectivity index (χ0) is 14.7. The van der Waals surface area contributed by atoms with E-state index in [9.17, 15) is 9.59 Å². The molecule has 0 fully saturated rings. The van der Waals surface area contributed by atoms with Crippen molar-refractivity contribution in [2.24, 2.45) is 7.05 Å². The first-order valence-electron chi connectivity index (χ1n) is 5.85. The van der Waals surface area contributed by atoms with Crippen LogP contribution in [0.25, 0.3) is 0 Å². The number of nitrogens with zero attached hydrogens (tertiary/aromatic N) is 2. The Morgan fingerprint density at radius 1 is 1.35 bits per heavy atom. The predicted octanol–water partition coefficient (Wildman–Crippen LogP) is 1.18. The maximum Gasteiger partial charge on any atom is 0.308 e. The maximum absolute atomic E-state index is 12.2. The zero-order valence-corrected chi connectivity index (χ0v) is 11.1. The van der Waals surface area contributed by atoms with Gasteiger partial charge in [-0.05, 0) is 12.1 Å². The Kier molecular flexibility index (Phi) is 3.69. The summed E-state index contributed by atoms with van der Waals surface area (Å²) in [4.78, 5) is 27.2. The molecule has 0 saturated carbocycles. The second-order valence-electron chi connectivity index (χ2n) is 4.11. The molecule has 1 heterocycles. The van der Waals surface area contributed by atoms with E-state index in [4.69, 9.17) is 10.5 Å². The van der Waals surface area contributed by atoms with Crippen molar-refractivity contribution in [1.82, 2.24) is 9.55 Å². The first kappa shape index (κ1) is 13.6. The van der Waals surface area contributed by atoms with Crippen LogP contribution in [-0.2, 0) is 11.8 Å². The molecular weight excluding hydrogens is 260 g/mol. The van der Waals surface area contributed by atoms with E-state index in [2.05, 4.69) is 10.3 Å². The molecule has 7 nitrogen and oxygen atoms in total. The number of nitrogens with two attached hydrogens (primary N) is 1. The van der Waals surface area contributed by atoms with E-state index in [0.717, 1.165) is 0 Å². The number of imidazole rings is 1. The average molecular weight is 274 g/mol. The lowest BCUT2D eigenvalue weighted by molar-refractivity contribution is -0.131. The molecule has 1 amide bonds. The molecule has 0 atom stereocenters. The van der Waals surface area contributed by atoms with Crippen molar-refractivity contribution < 1.29 is 14.3 Å². The summed E-state index contributed by atoms with van der Waals surface area (Å²) in [5, 5.41) is 2.60. The molecule has 0 aliphatic rings. The molecule has 2 rings (SSSR count). The van der Waals surface area contributed by atoms with Gasteiger partial charge in [0.05, 0.1) is 11.8 Å². The van der Waals surface area contributed by atoms with Gasteiger partial charge in [0.25, 0.3) is 5.91 Å². The van der Waals surface area contributed by atoms with Crippen LogP contribution in [0.15, 0.2) is 30.5 Å². The topological polar surface area (TPSA) is 99.2 Å². The molecular formula is C13H14N4O3. The molecule has 0 bridgehead atoms. The summed E-state index contributed by atoms with van der Waals surface area (Å²) in [7, 11) is 1.68. The van der Waals surface area contributed by atoms with Crippen molar-refractivity contribution in [1.29, 1.82) is 0 Å². The molecule has 1 aromatic heterocycles. The van der Waals surface area contributed by atoms with Crippen LogP contribution in [0.3, 0.4) is 0 Å². The molecule has 3 N–H and O–H groups in total. The highest BCUT2D eigenvalue weighted by molar-refractivity contribution is 6.05. The van der Waals surface area contributed by atoms with Crippen LogP contribution in [0.5, 0.6) is 5.75 Å². The Balaban J connectivity index is 2.25. The van der Waals surface area contributed by atoms with Crippen molar-refractivity contribution in [2.45, 2.75) is 6.92 Å². The third-order valence-corrected chi connectivity index (χ3v) is 2.63. The fraction of sp³-hybridized carbons (Fsp3) is 0.154. The smallest absolute Gasteiger partial charge is 0.308 e. The van der Waals surface area contributed by atoms with E-state index in [1.54, 1.807) is 31.3 Å². The largest absolute Gasteiger partial charge is 0.426 e. The number of carbonyl (C=O) groups excluding carboxylic acids is 2. The lowest BCUT2D eigenvalue weighted by Gasteiger charge is -2.09. The Morgan fingerprint density at radius 2 is 2.05 bits per heavy atom. The molecule has 0 unspecified atom stereocenters. The fourth-order valence-electron chi connectivity index (χ4n) is 1.61.